The standard InChI is InChI=1S/C20H22N4O/c1-2-16-5-3-6-18(13-16)20(25)24-10-4-9-23(11-12-24)19-8-7-17(14-21)15-22-19/h3,5-8,13,15H,2,4,9-12H2,1H3. The van der Waals surface area contributed by atoms with Crippen LogP contribution in [0.5, 0.6) is 0 Å². The van der Waals surface area contributed by atoms with Crippen LogP contribution < -0.4 is 4.90 Å². The Morgan fingerprint density at radius 3 is 2.80 bits per heavy atom. The maximum Gasteiger partial charge on any atom is 0.253 e. The lowest BCUT2D eigenvalue weighted by molar-refractivity contribution is 0.0767. The van der Waals surface area contributed by atoms with Crippen LogP contribution in [0.1, 0.15) is 34.8 Å². The number of pyridine rings is 1. The summed E-state index contributed by atoms with van der Waals surface area (Å²) in [6.07, 6.45) is 3.43. The van der Waals surface area contributed by atoms with E-state index in [2.05, 4.69) is 28.9 Å². The monoisotopic (exact) mass is 334 g/mol. The molecule has 1 saturated heterocycles. The van der Waals surface area contributed by atoms with Crippen molar-refractivity contribution in [3.05, 3.63) is 59.3 Å². The van der Waals surface area contributed by atoms with Crippen LogP contribution in [0.3, 0.4) is 0 Å². The summed E-state index contributed by atoms with van der Waals surface area (Å²) in [7, 11) is 0. The fourth-order valence-corrected chi connectivity index (χ4v) is 3.10. The number of anilines is 1. The van der Waals surface area contributed by atoms with Crippen molar-refractivity contribution in [2.24, 2.45) is 0 Å². The van der Waals surface area contributed by atoms with E-state index in [1.807, 2.05) is 29.2 Å². The second-order valence-electron chi connectivity index (χ2n) is 6.20. The molecule has 1 aliphatic heterocycles. The zero-order chi connectivity index (χ0) is 17.6. The predicted molar refractivity (Wildman–Crippen MR) is 97.5 cm³/mol. The minimum Gasteiger partial charge on any atom is -0.355 e. The van der Waals surface area contributed by atoms with Gasteiger partial charge in [0.1, 0.15) is 11.9 Å². The Labute approximate surface area is 148 Å². The van der Waals surface area contributed by atoms with Crippen molar-refractivity contribution < 1.29 is 4.79 Å². The Hall–Kier alpha value is -2.87. The summed E-state index contributed by atoms with van der Waals surface area (Å²) in [5, 5.41) is 8.88. The molecular weight excluding hydrogens is 312 g/mol. The number of hydrogen-bond donors (Lipinski definition) is 0. The molecular formula is C20H22N4O. The van der Waals surface area contributed by atoms with Crippen LogP contribution >= 0.6 is 0 Å². The topological polar surface area (TPSA) is 60.2 Å². The van der Waals surface area contributed by atoms with Crippen LogP contribution in [0.15, 0.2) is 42.6 Å². The van der Waals surface area contributed by atoms with Gasteiger partial charge in [0.15, 0.2) is 0 Å². The Morgan fingerprint density at radius 2 is 2.08 bits per heavy atom. The number of rotatable bonds is 3. The second kappa shape index (κ2) is 7.80. The lowest BCUT2D eigenvalue weighted by Crippen LogP contribution is -2.35. The molecule has 0 radical (unpaired) electrons. The van der Waals surface area contributed by atoms with Crippen LogP contribution in [-0.4, -0.2) is 42.0 Å². The Bertz CT molecular complexity index is 779. The van der Waals surface area contributed by atoms with Gasteiger partial charge in [0.2, 0.25) is 0 Å². The first-order chi connectivity index (χ1) is 12.2. The molecule has 0 N–H and O–H groups in total. The molecule has 25 heavy (non-hydrogen) atoms. The third-order valence-corrected chi connectivity index (χ3v) is 4.57. The van der Waals surface area contributed by atoms with Crippen molar-refractivity contribution in [1.82, 2.24) is 9.88 Å². The summed E-state index contributed by atoms with van der Waals surface area (Å²) in [5.74, 6) is 0.964. The highest BCUT2D eigenvalue weighted by molar-refractivity contribution is 5.94. The molecule has 3 rings (SSSR count). The highest BCUT2D eigenvalue weighted by Crippen LogP contribution is 2.16. The minimum atomic E-state index is 0.102. The molecule has 2 aromatic rings. The summed E-state index contributed by atoms with van der Waals surface area (Å²) in [4.78, 5) is 21.3. The van der Waals surface area contributed by atoms with Gasteiger partial charge in [-0.3, -0.25) is 4.79 Å². The van der Waals surface area contributed by atoms with E-state index >= 15 is 0 Å². The highest BCUT2D eigenvalue weighted by atomic mass is 16.2. The molecule has 1 fully saturated rings. The average Bonchev–Trinajstić information content (AvgIpc) is 2.94. The van der Waals surface area contributed by atoms with E-state index in [0.717, 1.165) is 43.9 Å². The highest BCUT2D eigenvalue weighted by Gasteiger charge is 2.21. The molecule has 0 atom stereocenters. The van der Waals surface area contributed by atoms with Gasteiger partial charge in [0.05, 0.1) is 5.56 Å². The molecule has 1 aliphatic rings. The third-order valence-electron chi connectivity index (χ3n) is 4.57. The van der Waals surface area contributed by atoms with Crippen molar-refractivity contribution in [3.8, 4) is 6.07 Å². The van der Waals surface area contributed by atoms with Crippen molar-refractivity contribution >= 4 is 11.7 Å². The molecule has 5 heteroatoms. The molecule has 0 bridgehead atoms. The van der Waals surface area contributed by atoms with Crippen LogP contribution in [0.2, 0.25) is 0 Å². The summed E-state index contributed by atoms with van der Waals surface area (Å²) < 4.78 is 0. The minimum absolute atomic E-state index is 0.102. The smallest absolute Gasteiger partial charge is 0.253 e. The fourth-order valence-electron chi connectivity index (χ4n) is 3.10. The van der Waals surface area contributed by atoms with E-state index in [0.29, 0.717) is 12.1 Å². The zero-order valence-corrected chi connectivity index (χ0v) is 14.5. The maximum atomic E-state index is 12.8. The van der Waals surface area contributed by atoms with Gasteiger partial charge in [-0.1, -0.05) is 19.1 Å². The molecule has 1 aromatic heterocycles. The number of aryl methyl sites for hydroxylation is 1. The number of nitrogens with zero attached hydrogens (tertiary/aromatic N) is 4. The molecule has 5 nitrogen and oxygen atoms in total. The van der Waals surface area contributed by atoms with E-state index in [1.54, 1.807) is 12.3 Å². The van der Waals surface area contributed by atoms with E-state index in [9.17, 15) is 4.79 Å². The maximum absolute atomic E-state index is 12.8. The van der Waals surface area contributed by atoms with Crippen molar-refractivity contribution in [1.29, 1.82) is 5.26 Å². The van der Waals surface area contributed by atoms with Crippen molar-refractivity contribution in [2.75, 3.05) is 31.1 Å². The van der Waals surface area contributed by atoms with Crippen molar-refractivity contribution in [3.63, 3.8) is 0 Å². The SMILES string of the molecule is CCc1cccc(C(=O)N2CCCN(c3ccc(C#N)cn3)CC2)c1. The summed E-state index contributed by atoms with van der Waals surface area (Å²) in [6.45, 7) is 5.13. The quantitative estimate of drug-likeness (QED) is 0.866. The van der Waals surface area contributed by atoms with Gasteiger partial charge in [-0.2, -0.15) is 5.26 Å². The Balaban J connectivity index is 1.68. The number of carbonyl (C=O) groups is 1. The molecule has 0 saturated carbocycles. The second-order valence-corrected chi connectivity index (χ2v) is 6.20. The van der Waals surface area contributed by atoms with E-state index in [1.165, 1.54) is 5.56 Å². The van der Waals surface area contributed by atoms with Gasteiger partial charge < -0.3 is 9.80 Å². The number of benzene rings is 1. The first-order valence-electron chi connectivity index (χ1n) is 8.70. The van der Waals surface area contributed by atoms with E-state index in [-0.39, 0.29) is 5.91 Å². The number of amides is 1. The summed E-state index contributed by atoms with van der Waals surface area (Å²) in [6, 6.07) is 13.6. The Morgan fingerprint density at radius 1 is 1.20 bits per heavy atom. The Kier molecular flexibility index (Phi) is 5.30. The molecule has 1 amide bonds. The van der Waals surface area contributed by atoms with Crippen molar-refractivity contribution in [2.45, 2.75) is 19.8 Å². The van der Waals surface area contributed by atoms with Crippen LogP contribution in [-0.2, 0) is 6.42 Å². The first kappa shape index (κ1) is 17.0. The summed E-state index contributed by atoms with van der Waals surface area (Å²) >= 11 is 0. The molecule has 0 aliphatic carbocycles. The van der Waals surface area contributed by atoms with Gasteiger partial charge in [-0.25, -0.2) is 4.98 Å². The molecule has 1 aromatic carbocycles. The lowest BCUT2D eigenvalue weighted by Gasteiger charge is -2.23. The first-order valence-corrected chi connectivity index (χ1v) is 8.70. The molecule has 128 valence electrons. The molecule has 0 spiro atoms. The lowest BCUT2D eigenvalue weighted by atomic mass is 10.1. The van der Waals surface area contributed by atoms with Crippen LogP contribution in [0, 0.1) is 11.3 Å². The van der Waals surface area contributed by atoms with E-state index < -0.39 is 0 Å². The van der Waals surface area contributed by atoms with Gasteiger partial charge in [-0.15, -0.1) is 0 Å². The fraction of sp³-hybridized carbons (Fsp3) is 0.350. The van der Waals surface area contributed by atoms with Gasteiger partial charge in [0.25, 0.3) is 5.91 Å². The largest absolute Gasteiger partial charge is 0.355 e. The van der Waals surface area contributed by atoms with Gasteiger partial charge in [-0.05, 0) is 42.7 Å². The average molecular weight is 334 g/mol. The molecule has 0 unspecified atom stereocenters. The third kappa shape index (κ3) is 3.97. The van der Waals surface area contributed by atoms with Crippen LogP contribution in [0.4, 0.5) is 5.82 Å². The normalized spacial score (nSPS) is 14.7. The summed E-state index contributed by atoms with van der Waals surface area (Å²) in [5.41, 5.74) is 2.51. The predicted octanol–water partition coefficient (Wildman–Crippen LogP) is 2.87. The number of carbonyl (C=O) groups excluding carboxylic acids is 1. The van der Waals surface area contributed by atoms with Gasteiger partial charge >= 0.3 is 0 Å². The van der Waals surface area contributed by atoms with Crippen LogP contribution in [0.25, 0.3) is 0 Å². The zero-order valence-electron chi connectivity index (χ0n) is 14.5. The van der Waals surface area contributed by atoms with Gasteiger partial charge in [0, 0.05) is 37.9 Å². The number of hydrogen-bond acceptors (Lipinski definition) is 4. The molecule has 2 heterocycles. The van der Waals surface area contributed by atoms with E-state index in [4.69, 9.17) is 5.26 Å². The number of nitriles is 1. The number of aromatic nitrogens is 1.